The summed E-state index contributed by atoms with van der Waals surface area (Å²) < 4.78 is 32.0. The largest absolute Gasteiger partial charge is 0.472 e. The Morgan fingerprint density at radius 2 is 1.50 bits per heavy atom. The van der Waals surface area contributed by atoms with Crippen LogP contribution in [-0.4, -0.2) is 49.3 Å². The molecule has 0 radical (unpaired) electrons. The number of quaternary nitrogens is 1. The molecule has 0 bridgehead atoms. The van der Waals surface area contributed by atoms with Gasteiger partial charge in [-0.15, -0.1) is 0 Å². The van der Waals surface area contributed by atoms with Crippen molar-refractivity contribution in [2.24, 2.45) is 0 Å². The number of ether oxygens (including phenoxy) is 2. The fraction of sp³-hybridized carbons (Fsp3) is 0.864. The van der Waals surface area contributed by atoms with Crippen molar-refractivity contribution in [2.75, 3.05) is 26.4 Å². The van der Waals surface area contributed by atoms with Crippen LogP contribution in [-0.2, 0) is 32.7 Å². The van der Waals surface area contributed by atoms with Gasteiger partial charge in [-0.05, 0) is 12.8 Å². The van der Waals surface area contributed by atoms with Gasteiger partial charge >= 0.3 is 19.8 Å². The third-order valence-corrected chi connectivity index (χ3v) is 5.65. The van der Waals surface area contributed by atoms with E-state index in [4.69, 9.17) is 18.5 Å². The average molecular weight is 482 g/mol. The summed E-state index contributed by atoms with van der Waals surface area (Å²) in [7, 11) is -4.30. The Labute approximate surface area is 193 Å². The van der Waals surface area contributed by atoms with Gasteiger partial charge in [-0.25, -0.2) is 4.57 Å². The summed E-state index contributed by atoms with van der Waals surface area (Å²) in [6.07, 6.45) is 10.5. The Hall–Kier alpha value is -0.990. The van der Waals surface area contributed by atoms with Crippen molar-refractivity contribution >= 4 is 19.8 Å². The second-order valence-electron chi connectivity index (χ2n) is 7.78. The second-order valence-corrected chi connectivity index (χ2v) is 9.24. The Balaban J connectivity index is 4.41. The maximum Gasteiger partial charge on any atom is 0.472 e. The summed E-state index contributed by atoms with van der Waals surface area (Å²) in [5, 5.41) is 0. The number of rotatable bonds is 22. The molecule has 0 aliphatic rings. The molecule has 0 aliphatic carbocycles. The maximum absolute atomic E-state index is 12.2. The van der Waals surface area contributed by atoms with E-state index in [9.17, 15) is 19.0 Å². The van der Waals surface area contributed by atoms with E-state index in [2.05, 4.69) is 19.6 Å². The van der Waals surface area contributed by atoms with Crippen molar-refractivity contribution in [3.05, 3.63) is 6.92 Å². The molecule has 9 nitrogen and oxygen atoms in total. The van der Waals surface area contributed by atoms with Gasteiger partial charge in [0.2, 0.25) is 0 Å². The van der Waals surface area contributed by atoms with Crippen LogP contribution in [0.2, 0.25) is 0 Å². The van der Waals surface area contributed by atoms with E-state index in [-0.39, 0.29) is 26.1 Å². The van der Waals surface area contributed by atoms with Gasteiger partial charge in [0.25, 0.3) is 0 Å². The van der Waals surface area contributed by atoms with Gasteiger partial charge in [0.1, 0.15) is 13.2 Å². The molecule has 32 heavy (non-hydrogen) atoms. The lowest BCUT2D eigenvalue weighted by atomic mass is 10.1. The van der Waals surface area contributed by atoms with Crippen LogP contribution < -0.4 is 5.73 Å². The van der Waals surface area contributed by atoms with Crippen LogP contribution in [0.1, 0.15) is 90.4 Å². The van der Waals surface area contributed by atoms with Crippen LogP contribution in [0.25, 0.3) is 0 Å². The van der Waals surface area contributed by atoms with E-state index in [0.717, 1.165) is 32.1 Å². The summed E-state index contributed by atoms with van der Waals surface area (Å²) in [6.45, 7) is 5.50. The smallest absolute Gasteiger partial charge is 0.462 e. The first kappa shape index (κ1) is 31.0. The van der Waals surface area contributed by atoms with E-state index >= 15 is 0 Å². The van der Waals surface area contributed by atoms with Crippen molar-refractivity contribution in [3.63, 3.8) is 0 Å². The molecule has 0 spiro atoms. The summed E-state index contributed by atoms with van der Waals surface area (Å²) in [4.78, 5) is 33.7. The minimum absolute atomic E-state index is 0.0437. The summed E-state index contributed by atoms with van der Waals surface area (Å²) in [6, 6.07) is 0. The predicted octanol–water partition coefficient (Wildman–Crippen LogP) is 3.74. The fourth-order valence-corrected chi connectivity index (χ4v) is 3.65. The molecule has 0 saturated carbocycles. The van der Waals surface area contributed by atoms with E-state index < -0.39 is 32.5 Å². The monoisotopic (exact) mass is 481 g/mol. The number of carbonyl (C=O) groups excluding carboxylic acids is 2. The van der Waals surface area contributed by atoms with Gasteiger partial charge in [0.05, 0.1) is 13.2 Å². The minimum atomic E-state index is -4.30. The van der Waals surface area contributed by atoms with E-state index in [1.165, 1.54) is 25.7 Å². The number of hydrogen-bond donors (Lipinski definition) is 2. The highest BCUT2D eigenvalue weighted by atomic mass is 31.2. The summed E-state index contributed by atoms with van der Waals surface area (Å²) >= 11 is 0. The van der Waals surface area contributed by atoms with Gasteiger partial charge in [0.15, 0.2) is 6.10 Å². The van der Waals surface area contributed by atoms with E-state index in [1.807, 2.05) is 0 Å². The number of carbonyl (C=O) groups is 2. The molecule has 0 saturated heterocycles. The molecule has 0 aromatic heterocycles. The Morgan fingerprint density at radius 1 is 0.906 bits per heavy atom. The first-order valence-corrected chi connectivity index (χ1v) is 13.4. The van der Waals surface area contributed by atoms with Crippen molar-refractivity contribution in [1.82, 2.24) is 0 Å². The van der Waals surface area contributed by atoms with Gasteiger partial charge in [-0.1, -0.05) is 58.3 Å². The molecule has 0 aliphatic heterocycles. The third kappa shape index (κ3) is 19.7. The average Bonchev–Trinajstić information content (AvgIpc) is 2.76. The first-order valence-electron chi connectivity index (χ1n) is 11.9. The standard InChI is InChI=1S/C22H43NO8P/c1-3-5-7-8-9-10-11-13-15-22(25)31-20(18-28-21(24)14-12-6-4-2)19-30-32(26,27)29-17-16-23/h20H,2-19,23H2,1H3,(H,26,27)/q-1/p+1/t20-/m1/s1. The molecule has 0 aromatic carbocycles. The second kappa shape index (κ2) is 20.6. The fourth-order valence-electron chi connectivity index (χ4n) is 2.86. The van der Waals surface area contributed by atoms with Crippen LogP contribution in [0.4, 0.5) is 0 Å². The van der Waals surface area contributed by atoms with Crippen LogP contribution in [0.15, 0.2) is 0 Å². The molecule has 10 heteroatoms. The number of phosphoric acid groups is 1. The molecular formula is C22H44NO8P. The van der Waals surface area contributed by atoms with Gasteiger partial charge in [-0.2, -0.15) is 6.42 Å². The number of phosphoric ester groups is 1. The van der Waals surface area contributed by atoms with Crippen LogP contribution in [0.3, 0.4) is 0 Å². The highest BCUT2D eigenvalue weighted by molar-refractivity contribution is 7.47. The first-order chi connectivity index (χ1) is 15.3. The van der Waals surface area contributed by atoms with Crippen LogP contribution in [0, 0.1) is 6.92 Å². The number of hydrogen-bond acceptors (Lipinski definition) is 7. The molecule has 4 N–H and O–H groups in total. The molecule has 0 aromatic rings. The van der Waals surface area contributed by atoms with Crippen LogP contribution >= 0.6 is 7.82 Å². The Morgan fingerprint density at radius 3 is 2.12 bits per heavy atom. The minimum Gasteiger partial charge on any atom is -0.462 e. The predicted molar refractivity (Wildman–Crippen MR) is 121 cm³/mol. The SMILES string of the molecule is [CH2-]CCCCC(=O)OC[C@H](COP(=O)(O)OCC[NH3+])OC(=O)CCCCCCCCCC. The third-order valence-electron chi connectivity index (χ3n) is 4.67. The zero-order valence-corrected chi connectivity index (χ0v) is 20.7. The lowest BCUT2D eigenvalue weighted by Gasteiger charge is -2.19. The van der Waals surface area contributed by atoms with Crippen molar-refractivity contribution in [3.8, 4) is 0 Å². The number of esters is 2. The molecule has 0 fully saturated rings. The zero-order chi connectivity index (χ0) is 24.1. The van der Waals surface area contributed by atoms with Gasteiger partial charge in [0, 0.05) is 12.8 Å². The van der Waals surface area contributed by atoms with Gasteiger partial charge < -0.3 is 27.0 Å². The molecule has 0 rings (SSSR count). The van der Waals surface area contributed by atoms with Crippen molar-refractivity contribution < 1.29 is 43.3 Å². The van der Waals surface area contributed by atoms with Crippen molar-refractivity contribution in [1.29, 1.82) is 0 Å². The molecule has 0 amide bonds. The van der Waals surface area contributed by atoms with E-state index in [0.29, 0.717) is 19.4 Å². The molecule has 0 heterocycles. The topological polar surface area (TPSA) is 136 Å². The van der Waals surface area contributed by atoms with E-state index in [1.54, 1.807) is 0 Å². The quantitative estimate of drug-likeness (QED) is 0.103. The number of unbranched alkanes of at least 4 members (excludes halogenated alkanes) is 9. The molecular weight excluding hydrogens is 437 g/mol. The maximum atomic E-state index is 12.2. The highest BCUT2D eigenvalue weighted by Crippen LogP contribution is 2.43. The lowest BCUT2D eigenvalue weighted by molar-refractivity contribution is -0.371. The summed E-state index contributed by atoms with van der Waals surface area (Å²) in [5.41, 5.74) is 3.52. The Kier molecular flexibility index (Phi) is 20.0. The Bertz CT molecular complexity index is 532. The molecule has 2 atom stereocenters. The van der Waals surface area contributed by atoms with Crippen molar-refractivity contribution in [2.45, 2.75) is 96.5 Å². The van der Waals surface area contributed by atoms with Gasteiger partial charge in [-0.3, -0.25) is 18.6 Å². The molecule has 190 valence electrons. The lowest BCUT2D eigenvalue weighted by Crippen LogP contribution is -2.52. The highest BCUT2D eigenvalue weighted by Gasteiger charge is 2.26. The molecule has 1 unspecified atom stereocenters. The zero-order valence-electron chi connectivity index (χ0n) is 19.8. The van der Waals surface area contributed by atoms with Crippen LogP contribution in [0.5, 0.6) is 0 Å². The normalized spacial score (nSPS) is 14.0. The summed E-state index contributed by atoms with van der Waals surface area (Å²) in [5.74, 6) is -0.882.